The van der Waals surface area contributed by atoms with Crippen LogP contribution in [-0.4, -0.2) is 55.0 Å². The Morgan fingerprint density at radius 2 is 1.88 bits per heavy atom. The second kappa shape index (κ2) is 5.36. The van der Waals surface area contributed by atoms with Crippen LogP contribution in [0.4, 0.5) is 0 Å². The van der Waals surface area contributed by atoms with Crippen molar-refractivity contribution in [1.82, 2.24) is 9.80 Å². The lowest BCUT2D eigenvalue weighted by atomic mass is 9.98. The number of hydrogen-bond acceptors (Lipinski definition) is 3. The summed E-state index contributed by atoms with van der Waals surface area (Å²) >= 11 is 0. The molecule has 2 unspecified atom stereocenters. The monoisotopic (exact) mass is 239 g/mol. The van der Waals surface area contributed by atoms with Crippen LogP contribution in [-0.2, 0) is 4.79 Å². The summed E-state index contributed by atoms with van der Waals surface area (Å²) in [6.07, 6.45) is 5.30. The van der Waals surface area contributed by atoms with E-state index in [0.29, 0.717) is 6.04 Å². The lowest BCUT2D eigenvalue weighted by Crippen LogP contribution is -2.48. The van der Waals surface area contributed by atoms with Crippen LogP contribution in [0.15, 0.2) is 0 Å². The smallest absolute Gasteiger partial charge is 0.227 e. The number of nitrogens with two attached hydrogens (primary N) is 1. The van der Waals surface area contributed by atoms with Crippen molar-refractivity contribution in [3.05, 3.63) is 0 Å². The second-order valence-corrected chi connectivity index (χ2v) is 5.68. The third-order valence-electron chi connectivity index (χ3n) is 4.47. The van der Waals surface area contributed by atoms with E-state index in [1.807, 2.05) is 11.9 Å². The summed E-state index contributed by atoms with van der Waals surface area (Å²) in [5, 5.41) is 0. The molecule has 1 saturated carbocycles. The molecule has 1 aliphatic heterocycles. The average molecular weight is 239 g/mol. The molecule has 2 atom stereocenters. The lowest BCUT2D eigenvalue weighted by molar-refractivity contribution is -0.137. The quantitative estimate of drug-likeness (QED) is 0.770. The van der Waals surface area contributed by atoms with E-state index >= 15 is 0 Å². The summed E-state index contributed by atoms with van der Waals surface area (Å²) in [4.78, 5) is 16.7. The Kier molecular flexibility index (Phi) is 4.05. The van der Waals surface area contributed by atoms with E-state index < -0.39 is 0 Å². The summed E-state index contributed by atoms with van der Waals surface area (Å²) in [5.41, 5.74) is 6.01. The number of amides is 1. The Morgan fingerprint density at radius 3 is 2.41 bits per heavy atom. The topological polar surface area (TPSA) is 49.6 Å². The van der Waals surface area contributed by atoms with Gasteiger partial charge in [-0.1, -0.05) is 6.42 Å². The van der Waals surface area contributed by atoms with Gasteiger partial charge in [-0.15, -0.1) is 0 Å². The molecule has 98 valence electrons. The van der Waals surface area contributed by atoms with Crippen LogP contribution in [0, 0.1) is 5.92 Å². The summed E-state index contributed by atoms with van der Waals surface area (Å²) in [6.45, 7) is 2.19. The van der Waals surface area contributed by atoms with Gasteiger partial charge in [0.25, 0.3) is 0 Å². The van der Waals surface area contributed by atoms with Crippen LogP contribution in [0.25, 0.3) is 0 Å². The number of rotatable bonds is 2. The largest absolute Gasteiger partial charge is 0.342 e. The Bertz CT molecular complexity index is 274. The number of hydrogen-bond donors (Lipinski definition) is 1. The average Bonchev–Trinajstić information content (AvgIpc) is 2.74. The molecule has 1 heterocycles. The normalized spacial score (nSPS) is 31.7. The van der Waals surface area contributed by atoms with Gasteiger partial charge in [-0.25, -0.2) is 0 Å². The van der Waals surface area contributed by atoms with Gasteiger partial charge in [0.2, 0.25) is 5.91 Å². The highest BCUT2D eigenvalue weighted by molar-refractivity contribution is 5.80. The number of likely N-dealkylation sites (tertiary alicyclic amines) is 1. The molecule has 1 saturated heterocycles. The van der Waals surface area contributed by atoms with Crippen LogP contribution in [0.1, 0.15) is 32.1 Å². The van der Waals surface area contributed by atoms with Gasteiger partial charge in [0, 0.05) is 19.1 Å². The number of carbonyl (C=O) groups excluding carboxylic acids is 1. The van der Waals surface area contributed by atoms with Gasteiger partial charge in [0.05, 0.1) is 5.92 Å². The van der Waals surface area contributed by atoms with Crippen LogP contribution in [0.5, 0.6) is 0 Å². The van der Waals surface area contributed by atoms with E-state index in [1.165, 1.54) is 0 Å². The number of piperidine rings is 1. The maximum Gasteiger partial charge on any atom is 0.227 e. The molecular weight excluding hydrogens is 214 g/mol. The molecule has 1 aliphatic carbocycles. The molecule has 4 nitrogen and oxygen atoms in total. The van der Waals surface area contributed by atoms with E-state index in [4.69, 9.17) is 5.73 Å². The predicted molar refractivity (Wildman–Crippen MR) is 68.6 cm³/mol. The molecule has 17 heavy (non-hydrogen) atoms. The zero-order valence-electron chi connectivity index (χ0n) is 11.1. The van der Waals surface area contributed by atoms with Crippen molar-refractivity contribution in [3.8, 4) is 0 Å². The van der Waals surface area contributed by atoms with E-state index in [9.17, 15) is 4.79 Å². The van der Waals surface area contributed by atoms with Crippen molar-refractivity contribution < 1.29 is 4.79 Å². The fraction of sp³-hybridized carbons (Fsp3) is 0.923. The van der Waals surface area contributed by atoms with Crippen LogP contribution < -0.4 is 5.73 Å². The number of carbonyl (C=O) groups is 1. The van der Waals surface area contributed by atoms with E-state index in [-0.39, 0.29) is 17.9 Å². The molecule has 2 N–H and O–H groups in total. The third kappa shape index (κ3) is 2.80. The van der Waals surface area contributed by atoms with Gasteiger partial charge >= 0.3 is 0 Å². The minimum absolute atomic E-state index is 0.0830. The Hall–Kier alpha value is -0.610. The van der Waals surface area contributed by atoms with E-state index in [2.05, 4.69) is 11.9 Å². The number of nitrogens with zero attached hydrogens (tertiary/aromatic N) is 2. The van der Waals surface area contributed by atoms with Gasteiger partial charge in [-0.05, 0) is 45.8 Å². The molecule has 0 spiro atoms. The van der Waals surface area contributed by atoms with Gasteiger partial charge in [-0.3, -0.25) is 4.79 Å². The molecular formula is C13H25N3O. The Morgan fingerprint density at radius 1 is 1.24 bits per heavy atom. The maximum atomic E-state index is 12.4. The van der Waals surface area contributed by atoms with Crippen molar-refractivity contribution in [3.63, 3.8) is 0 Å². The highest BCUT2D eigenvalue weighted by Crippen LogP contribution is 2.27. The highest BCUT2D eigenvalue weighted by atomic mass is 16.2. The molecule has 1 amide bonds. The molecule has 0 aromatic heterocycles. The van der Waals surface area contributed by atoms with Gasteiger partial charge in [0.1, 0.15) is 0 Å². The minimum Gasteiger partial charge on any atom is -0.342 e. The van der Waals surface area contributed by atoms with Gasteiger partial charge in [-0.2, -0.15) is 0 Å². The molecule has 0 aromatic rings. The summed E-state index contributed by atoms with van der Waals surface area (Å²) in [6, 6.07) is 0.516. The molecule has 2 aliphatic rings. The van der Waals surface area contributed by atoms with Crippen molar-refractivity contribution in [2.75, 3.05) is 27.2 Å². The van der Waals surface area contributed by atoms with E-state index in [1.54, 1.807) is 0 Å². The minimum atomic E-state index is 0.0830. The molecule has 0 aromatic carbocycles. The predicted octanol–water partition coefficient (Wildman–Crippen LogP) is 0.666. The molecule has 0 bridgehead atoms. The summed E-state index contributed by atoms with van der Waals surface area (Å²) in [7, 11) is 4.11. The Labute approximate surface area is 104 Å². The summed E-state index contributed by atoms with van der Waals surface area (Å²) in [5.74, 6) is 0.365. The van der Waals surface area contributed by atoms with Crippen LogP contribution >= 0.6 is 0 Å². The first-order chi connectivity index (χ1) is 8.09. The van der Waals surface area contributed by atoms with E-state index in [0.717, 1.165) is 45.2 Å². The zero-order chi connectivity index (χ0) is 12.4. The molecule has 2 rings (SSSR count). The maximum absolute atomic E-state index is 12.4. The first-order valence-electron chi connectivity index (χ1n) is 6.80. The van der Waals surface area contributed by atoms with Crippen LogP contribution in [0.3, 0.4) is 0 Å². The summed E-state index contributed by atoms with van der Waals surface area (Å²) < 4.78 is 0. The Balaban J connectivity index is 1.90. The SMILES string of the molecule is CN1CCC(N(C)C(=O)C2CCCC2N)CC1. The van der Waals surface area contributed by atoms with Crippen molar-refractivity contribution >= 4 is 5.91 Å². The first-order valence-corrected chi connectivity index (χ1v) is 6.80. The van der Waals surface area contributed by atoms with Gasteiger partial charge in [0.15, 0.2) is 0 Å². The molecule has 0 radical (unpaired) electrons. The zero-order valence-corrected chi connectivity index (χ0v) is 11.1. The molecule has 4 heteroatoms. The molecule has 2 fully saturated rings. The van der Waals surface area contributed by atoms with Crippen molar-refractivity contribution in [2.24, 2.45) is 11.7 Å². The fourth-order valence-corrected chi connectivity index (χ4v) is 3.12. The fourth-order valence-electron chi connectivity index (χ4n) is 3.12. The lowest BCUT2D eigenvalue weighted by Gasteiger charge is -2.36. The first kappa shape index (κ1) is 12.8. The van der Waals surface area contributed by atoms with Crippen LogP contribution in [0.2, 0.25) is 0 Å². The van der Waals surface area contributed by atoms with Crippen molar-refractivity contribution in [2.45, 2.75) is 44.2 Å². The standard InChI is InChI=1S/C13H25N3O/c1-15-8-6-10(7-9-15)16(2)13(17)11-4-3-5-12(11)14/h10-12H,3-9,14H2,1-2H3. The third-order valence-corrected chi connectivity index (χ3v) is 4.47. The second-order valence-electron chi connectivity index (χ2n) is 5.68. The highest BCUT2D eigenvalue weighted by Gasteiger charge is 2.34. The van der Waals surface area contributed by atoms with Crippen molar-refractivity contribution in [1.29, 1.82) is 0 Å². The van der Waals surface area contributed by atoms with Gasteiger partial charge < -0.3 is 15.5 Å².